The number of amides is 1. The van der Waals surface area contributed by atoms with Crippen molar-refractivity contribution in [1.82, 2.24) is 4.57 Å². The molecular formula is C19H25N3O3S. The summed E-state index contributed by atoms with van der Waals surface area (Å²) in [7, 11) is -3.19. The number of sulfonamides is 1. The first-order valence-corrected chi connectivity index (χ1v) is 10.5. The third-order valence-electron chi connectivity index (χ3n) is 4.51. The highest BCUT2D eigenvalue weighted by Crippen LogP contribution is 2.26. The number of rotatable bonds is 6. The molecule has 3 rings (SSSR count). The quantitative estimate of drug-likeness (QED) is 0.842. The van der Waals surface area contributed by atoms with Gasteiger partial charge in [0.05, 0.1) is 11.4 Å². The summed E-state index contributed by atoms with van der Waals surface area (Å²) in [5.74, 6) is 0.506. The minimum Gasteiger partial charge on any atom is -0.342 e. The first kappa shape index (κ1) is 18.5. The molecule has 0 radical (unpaired) electrons. The van der Waals surface area contributed by atoms with Crippen LogP contribution in [0, 0.1) is 5.92 Å². The standard InChI is InChI=1S/C19H25N3O3S/c1-15(2)14-18(21-10-3-4-11-21)19(23)20-16-6-8-17(9-7-16)22-12-5-13-26(22,24)25/h3-4,6-11,15,18H,5,12-14H2,1-2H3,(H,20,23)/t18-/m0/s1. The van der Waals surface area contributed by atoms with Crippen molar-refractivity contribution in [1.29, 1.82) is 0 Å². The van der Waals surface area contributed by atoms with E-state index < -0.39 is 10.0 Å². The number of benzene rings is 1. The van der Waals surface area contributed by atoms with Crippen molar-refractivity contribution in [2.75, 3.05) is 21.9 Å². The number of nitrogens with zero attached hydrogens (tertiary/aromatic N) is 2. The molecule has 1 atom stereocenters. The Balaban J connectivity index is 1.72. The van der Waals surface area contributed by atoms with Crippen molar-refractivity contribution >= 4 is 27.3 Å². The van der Waals surface area contributed by atoms with Crippen molar-refractivity contribution in [2.45, 2.75) is 32.7 Å². The number of carbonyl (C=O) groups is 1. The van der Waals surface area contributed by atoms with Crippen LogP contribution >= 0.6 is 0 Å². The molecule has 1 saturated heterocycles. The van der Waals surface area contributed by atoms with Gasteiger partial charge in [-0.1, -0.05) is 13.8 Å². The van der Waals surface area contributed by atoms with E-state index in [2.05, 4.69) is 19.2 Å². The lowest BCUT2D eigenvalue weighted by Gasteiger charge is -2.21. The Labute approximate surface area is 154 Å². The van der Waals surface area contributed by atoms with Crippen LogP contribution in [0.15, 0.2) is 48.8 Å². The molecule has 0 spiro atoms. The lowest BCUT2D eigenvalue weighted by molar-refractivity contribution is -0.119. The molecule has 0 unspecified atom stereocenters. The predicted octanol–water partition coefficient (Wildman–Crippen LogP) is 3.25. The molecule has 1 N–H and O–H groups in total. The lowest BCUT2D eigenvalue weighted by atomic mass is 10.0. The molecule has 2 heterocycles. The van der Waals surface area contributed by atoms with Crippen molar-refractivity contribution in [2.24, 2.45) is 5.92 Å². The number of nitrogens with one attached hydrogen (secondary N) is 1. The van der Waals surface area contributed by atoms with Gasteiger partial charge in [-0.3, -0.25) is 9.10 Å². The Bertz CT molecular complexity index is 843. The van der Waals surface area contributed by atoms with Gasteiger partial charge in [0.2, 0.25) is 15.9 Å². The molecule has 1 aromatic heterocycles. The van der Waals surface area contributed by atoms with Gasteiger partial charge in [0.15, 0.2) is 0 Å². The van der Waals surface area contributed by atoms with Gasteiger partial charge in [-0.2, -0.15) is 0 Å². The fourth-order valence-corrected chi connectivity index (χ4v) is 4.80. The van der Waals surface area contributed by atoms with E-state index in [-0.39, 0.29) is 17.7 Å². The Morgan fingerprint density at radius 3 is 2.35 bits per heavy atom. The van der Waals surface area contributed by atoms with Crippen molar-refractivity contribution < 1.29 is 13.2 Å². The SMILES string of the molecule is CC(C)C[C@@H](C(=O)Nc1ccc(N2CCCS2(=O)=O)cc1)n1cccc1. The van der Waals surface area contributed by atoms with Crippen LogP contribution in [0.1, 0.15) is 32.7 Å². The fraction of sp³-hybridized carbons (Fsp3) is 0.421. The third kappa shape index (κ3) is 4.09. The number of hydrogen-bond donors (Lipinski definition) is 1. The van der Waals surface area contributed by atoms with E-state index in [4.69, 9.17) is 0 Å². The maximum atomic E-state index is 12.8. The Hall–Kier alpha value is -2.28. The molecule has 0 saturated carbocycles. The average Bonchev–Trinajstić information content (AvgIpc) is 3.22. The maximum Gasteiger partial charge on any atom is 0.247 e. The van der Waals surface area contributed by atoms with Crippen LogP contribution in [0.3, 0.4) is 0 Å². The number of hydrogen-bond acceptors (Lipinski definition) is 3. The van der Waals surface area contributed by atoms with Gasteiger partial charge in [0, 0.05) is 24.6 Å². The monoisotopic (exact) mass is 375 g/mol. The summed E-state index contributed by atoms with van der Waals surface area (Å²) >= 11 is 0. The molecular weight excluding hydrogens is 350 g/mol. The van der Waals surface area contributed by atoms with E-state index in [1.54, 1.807) is 24.3 Å². The Kier molecular flexibility index (Phi) is 5.36. The minimum atomic E-state index is -3.19. The molecule has 7 heteroatoms. The highest BCUT2D eigenvalue weighted by molar-refractivity contribution is 7.93. The summed E-state index contributed by atoms with van der Waals surface area (Å²) in [4.78, 5) is 12.8. The third-order valence-corrected chi connectivity index (χ3v) is 6.38. The number of anilines is 2. The second-order valence-corrected chi connectivity index (χ2v) is 9.07. The van der Waals surface area contributed by atoms with Gasteiger partial charge < -0.3 is 9.88 Å². The van der Waals surface area contributed by atoms with Crippen LogP contribution in [0.2, 0.25) is 0 Å². The first-order chi connectivity index (χ1) is 12.4. The topological polar surface area (TPSA) is 71.4 Å². The van der Waals surface area contributed by atoms with Gasteiger partial charge in [-0.25, -0.2) is 8.42 Å². The lowest BCUT2D eigenvalue weighted by Crippen LogP contribution is -2.27. The van der Waals surface area contributed by atoms with Gasteiger partial charge in [0.25, 0.3) is 0 Å². The summed E-state index contributed by atoms with van der Waals surface area (Å²) in [6.45, 7) is 4.70. The summed E-state index contributed by atoms with van der Waals surface area (Å²) in [6, 6.07) is 10.5. The highest BCUT2D eigenvalue weighted by atomic mass is 32.2. The molecule has 0 aliphatic carbocycles. The van der Waals surface area contributed by atoms with E-state index in [0.29, 0.717) is 30.3 Å². The van der Waals surface area contributed by atoms with Crippen LogP contribution in [0.25, 0.3) is 0 Å². The highest BCUT2D eigenvalue weighted by Gasteiger charge is 2.28. The van der Waals surface area contributed by atoms with E-state index in [1.807, 2.05) is 29.1 Å². The smallest absolute Gasteiger partial charge is 0.247 e. The van der Waals surface area contributed by atoms with Crippen LogP contribution in [0.4, 0.5) is 11.4 Å². The normalized spacial score (nSPS) is 17.4. The molecule has 2 aromatic rings. The molecule has 0 bridgehead atoms. The minimum absolute atomic E-state index is 0.0727. The van der Waals surface area contributed by atoms with Gasteiger partial charge in [-0.05, 0) is 55.2 Å². The van der Waals surface area contributed by atoms with E-state index in [0.717, 1.165) is 6.42 Å². The number of aromatic nitrogens is 1. The molecule has 1 amide bonds. The summed E-state index contributed by atoms with van der Waals surface area (Å²) in [5, 5.41) is 2.95. The van der Waals surface area contributed by atoms with E-state index in [9.17, 15) is 13.2 Å². The second-order valence-electron chi connectivity index (χ2n) is 7.05. The molecule has 1 fully saturated rings. The summed E-state index contributed by atoms with van der Waals surface area (Å²) in [6.07, 6.45) is 5.18. The average molecular weight is 375 g/mol. The molecule has 1 aromatic carbocycles. The summed E-state index contributed by atoms with van der Waals surface area (Å²) < 4.78 is 27.4. The zero-order valence-electron chi connectivity index (χ0n) is 15.1. The van der Waals surface area contributed by atoms with Crippen LogP contribution in [-0.2, 0) is 14.8 Å². The van der Waals surface area contributed by atoms with Crippen LogP contribution in [-0.4, -0.2) is 31.2 Å². The molecule has 6 nitrogen and oxygen atoms in total. The predicted molar refractivity (Wildman–Crippen MR) is 104 cm³/mol. The zero-order chi connectivity index (χ0) is 18.7. The van der Waals surface area contributed by atoms with Gasteiger partial charge in [-0.15, -0.1) is 0 Å². The van der Waals surface area contributed by atoms with E-state index in [1.165, 1.54) is 4.31 Å². The molecule has 1 aliphatic heterocycles. The van der Waals surface area contributed by atoms with Gasteiger partial charge >= 0.3 is 0 Å². The van der Waals surface area contributed by atoms with Crippen LogP contribution in [0.5, 0.6) is 0 Å². The molecule has 26 heavy (non-hydrogen) atoms. The molecule has 1 aliphatic rings. The maximum absolute atomic E-state index is 12.8. The van der Waals surface area contributed by atoms with Crippen molar-refractivity contribution in [3.63, 3.8) is 0 Å². The van der Waals surface area contributed by atoms with Crippen molar-refractivity contribution in [3.8, 4) is 0 Å². The van der Waals surface area contributed by atoms with Crippen molar-refractivity contribution in [3.05, 3.63) is 48.8 Å². The molecule has 140 valence electrons. The second kappa shape index (κ2) is 7.53. The largest absolute Gasteiger partial charge is 0.342 e. The van der Waals surface area contributed by atoms with E-state index >= 15 is 0 Å². The Morgan fingerprint density at radius 2 is 1.81 bits per heavy atom. The summed E-state index contributed by atoms with van der Waals surface area (Å²) in [5.41, 5.74) is 1.31. The van der Waals surface area contributed by atoms with Gasteiger partial charge in [0.1, 0.15) is 6.04 Å². The Morgan fingerprint density at radius 1 is 1.15 bits per heavy atom. The van der Waals surface area contributed by atoms with Crippen LogP contribution < -0.4 is 9.62 Å². The zero-order valence-corrected chi connectivity index (χ0v) is 15.9. The number of carbonyl (C=O) groups excluding carboxylic acids is 1. The first-order valence-electron chi connectivity index (χ1n) is 8.90. The fourth-order valence-electron chi connectivity index (χ4n) is 3.23.